The maximum Gasteiger partial charge on any atom is 0.106 e. The van der Waals surface area contributed by atoms with Gasteiger partial charge in [0.05, 0.1) is 0 Å². The fourth-order valence-electron chi connectivity index (χ4n) is 2.06. The summed E-state index contributed by atoms with van der Waals surface area (Å²) >= 11 is 0. The highest BCUT2D eigenvalue weighted by Gasteiger charge is 2.14. The van der Waals surface area contributed by atoms with Gasteiger partial charge in [0.2, 0.25) is 0 Å². The fraction of sp³-hybridized carbons (Fsp3) is 0.267. The molecule has 0 saturated carbocycles. The van der Waals surface area contributed by atoms with Crippen molar-refractivity contribution < 1.29 is 5.11 Å². The average molecular weight is 227 g/mol. The molecule has 0 amide bonds. The second kappa shape index (κ2) is 4.68. The van der Waals surface area contributed by atoms with Gasteiger partial charge < -0.3 is 5.11 Å². The summed E-state index contributed by atoms with van der Waals surface area (Å²) in [6.07, 6.45) is 2.89. The summed E-state index contributed by atoms with van der Waals surface area (Å²) in [5.41, 5.74) is 5.21. The Balaban J connectivity index is 2.44. The van der Waals surface area contributed by atoms with Crippen molar-refractivity contribution in [3.63, 3.8) is 0 Å². The van der Waals surface area contributed by atoms with E-state index in [1.54, 1.807) is 12.4 Å². The topological polar surface area (TPSA) is 33.1 Å². The minimum Gasteiger partial charge on any atom is -0.384 e. The van der Waals surface area contributed by atoms with Gasteiger partial charge in [-0.2, -0.15) is 0 Å². The highest BCUT2D eigenvalue weighted by Crippen LogP contribution is 2.26. The molecule has 0 aliphatic rings. The van der Waals surface area contributed by atoms with Gasteiger partial charge in [-0.3, -0.25) is 4.98 Å². The number of hydrogen-bond acceptors (Lipinski definition) is 2. The lowest BCUT2D eigenvalue weighted by Crippen LogP contribution is -2.04. The maximum absolute atomic E-state index is 10.4. The third-order valence-electron chi connectivity index (χ3n) is 3.09. The minimum absolute atomic E-state index is 0.593. The maximum atomic E-state index is 10.4. The normalized spacial score (nSPS) is 12.5. The number of aliphatic hydroxyl groups excluding tert-OH is 1. The van der Waals surface area contributed by atoms with Crippen LogP contribution in [0.5, 0.6) is 0 Å². The Labute approximate surface area is 102 Å². The van der Waals surface area contributed by atoms with Crippen LogP contribution in [0.25, 0.3) is 0 Å². The van der Waals surface area contributed by atoms with Crippen molar-refractivity contribution in [2.24, 2.45) is 0 Å². The fourth-order valence-corrected chi connectivity index (χ4v) is 2.06. The quantitative estimate of drug-likeness (QED) is 0.855. The Hall–Kier alpha value is -1.67. The van der Waals surface area contributed by atoms with Crippen LogP contribution in [0.1, 0.15) is 33.9 Å². The van der Waals surface area contributed by atoms with Crippen LogP contribution >= 0.6 is 0 Å². The molecule has 2 heteroatoms. The Kier molecular flexibility index (Phi) is 3.25. The molecule has 1 aromatic heterocycles. The molecule has 0 aliphatic carbocycles. The number of aromatic nitrogens is 1. The number of aliphatic hydroxyl groups is 1. The van der Waals surface area contributed by atoms with E-state index in [2.05, 4.69) is 18.0 Å². The molecule has 1 heterocycles. The monoisotopic (exact) mass is 227 g/mol. The largest absolute Gasteiger partial charge is 0.384 e. The zero-order valence-electron chi connectivity index (χ0n) is 10.4. The third kappa shape index (κ3) is 2.37. The highest BCUT2D eigenvalue weighted by molar-refractivity contribution is 5.38. The van der Waals surface area contributed by atoms with Crippen LogP contribution in [0.15, 0.2) is 36.7 Å². The Morgan fingerprint density at radius 3 is 2.41 bits per heavy atom. The molecule has 0 fully saturated rings. The van der Waals surface area contributed by atoms with Crippen LogP contribution < -0.4 is 0 Å². The van der Waals surface area contributed by atoms with E-state index in [-0.39, 0.29) is 0 Å². The third-order valence-corrected chi connectivity index (χ3v) is 3.09. The van der Waals surface area contributed by atoms with Crippen molar-refractivity contribution in [2.75, 3.05) is 0 Å². The van der Waals surface area contributed by atoms with Crippen molar-refractivity contribution in [1.82, 2.24) is 4.98 Å². The van der Waals surface area contributed by atoms with Crippen LogP contribution in [0.3, 0.4) is 0 Å². The molecule has 0 radical (unpaired) electrons. The van der Waals surface area contributed by atoms with Gasteiger partial charge in [-0.05, 0) is 43.5 Å². The number of rotatable bonds is 2. The summed E-state index contributed by atoms with van der Waals surface area (Å²) < 4.78 is 0. The van der Waals surface area contributed by atoms with Gasteiger partial charge in [-0.1, -0.05) is 23.8 Å². The highest BCUT2D eigenvalue weighted by atomic mass is 16.3. The predicted octanol–water partition coefficient (Wildman–Crippen LogP) is 3.09. The van der Waals surface area contributed by atoms with Crippen molar-refractivity contribution >= 4 is 0 Å². The van der Waals surface area contributed by atoms with Gasteiger partial charge in [-0.25, -0.2) is 0 Å². The SMILES string of the molecule is Cc1ccc(C(O)c2cnccc2C)c(C)c1. The van der Waals surface area contributed by atoms with Crippen LogP contribution in [0, 0.1) is 20.8 Å². The molecule has 88 valence electrons. The van der Waals surface area contributed by atoms with E-state index in [0.29, 0.717) is 0 Å². The number of nitrogens with zero attached hydrogens (tertiary/aromatic N) is 1. The smallest absolute Gasteiger partial charge is 0.106 e. The van der Waals surface area contributed by atoms with E-state index in [9.17, 15) is 5.11 Å². The van der Waals surface area contributed by atoms with Crippen molar-refractivity contribution in [3.8, 4) is 0 Å². The summed E-state index contributed by atoms with van der Waals surface area (Å²) in [6, 6.07) is 8.02. The molecule has 17 heavy (non-hydrogen) atoms. The Bertz CT molecular complexity index is 534. The van der Waals surface area contributed by atoms with Gasteiger partial charge in [0.15, 0.2) is 0 Å². The van der Waals surface area contributed by atoms with Gasteiger partial charge in [0.25, 0.3) is 0 Å². The number of aryl methyl sites for hydroxylation is 3. The van der Waals surface area contributed by atoms with Crippen LogP contribution in [-0.4, -0.2) is 10.1 Å². The van der Waals surface area contributed by atoms with Gasteiger partial charge >= 0.3 is 0 Å². The first-order valence-electron chi connectivity index (χ1n) is 5.75. The molecule has 1 N–H and O–H groups in total. The van der Waals surface area contributed by atoms with Crippen LogP contribution in [0.4, 0.5) is 0 Å². The second-order valence-corrected chi connectivity index (χ2v) is 4.49. The van der Waals surface area contributed by atoms with Gasteiger partial charge in [-0.15, -0.1) is 0 Å². The molecule has 2 nitrogen and oxygen atoms in total. The first-order chi connectivity index (χ1) is 8.09. The minimum atomic E-state index is -0.593. The Morgan fingerprint density at radius 1 is 1.00 bits per heavy atom. The van der Waals surface area contributed by atoms with E-state index in [1.807, 2.05) is 32.0 Å². The lowest BCUT2D eigenvalue weighted by molar-refractivity contribution is 0.218. The molecule has 2 aromatic rings. The predicted molar refractivity (Wildman–Crippen MR) is 69.0 cm³/mol. The molecule has 1 aromatic carbocycles. The lowest BCUT2D eigenvalue weighted by atomic mass is 9.95. The molecular weight excluding hydrogens is 210 g/mol. The zero-order valence-corrected chi connectivity index (χ0v) is 10.4. The lowest BCUT2D eigenvalue weighted by Gasteiger charge is -2.16. The standard InChI is InChI=1S/C15H17NO/c1-10-4-5-13(12(3)8-10)15(17)14-9-16-7-6-11(14)2/h4-9,15,17H,1-3H3. The molecule has 1 unspecified atom stereocenters. The van der Waals surface area contributed by atoms with Crippen LogP contribution in [0.2, 0.25) is 0 Å². The van der Waals surface area contributed by atoms with E-state index in [1.165, 1.54) is 5.56 Å². The molecule has 0 saturated heterocycles. The van der Waals surface area contributed by atoms with Crippen molar-refractivity contribution in [3.05, 3.63) is 64.5 Å². The van der Waals surface area contributed by atoms with Gasteiger partial charge in [0, 0.05) is 18.0 Å². The molecule has 0 aliphatic heterocycles. The van der Waals surface area contributed by atoms with Crippen molar-refractivity contribution in [2.45, 2.75) is 26.9 Å². The van der Waals surface area contributed by atoms with Crippen molar-refractivity contribution in [1.29, 1.82) is 0 Å². The molecule has 0 bridgehead atoms. The summed E-state index contributed by atoms with van der Waals surface area (Å²) in [5.74, 6) is 0. The number of hydrogen-bond donors (Lipinski definition) is 1. The van der Waals surface area contributed by atoms with E-state index >= 15 is 0 Å². The van der Waals surface area contributed by atoms with Crippen LogP contribution in [-0.2, 0) is 0 Å². The Morgan fingerprint density at radius 2 is 1.76 bits per heavy atom. The molecule has 1 atom stereocenters. The summed E-state index contributed by atoms with van der Waals surface area (Å²) in [5, 5.41) is 10.4. The summed E-state index contributed by atoms with van der Waals surface area (Å²) in [7, 11) is 0. The average Bonchev–Trinajstić information content (AvgIpc) is 2.29. The van der Waals surface area contributed by atoms with Gasteiger partial charge in [0.1, 0.15) is 6.10 Å². The molecule has 2 rings (SSSR count). The van der Waals surface area contributed by atoms with E-state index < -0.39 is 6.10 Å². The molecular formula is C15H17NO. The first kappa shape index (κ1) is 11.8. The summed E-state index contributed by atoms with van der Waals surface area (Å²) in [4.78, 5) is 4.08. The first-order valence-corrected chi connectivity index (χ1v) is 5.75. The van der Waals surface area contributed by atoms with E-state index in [4.69, 9.17) is 0 Å². The second-order valence-electron chi connectivity index (χ2n) is 4.49. The number of pyridine rings is 1. The molecule has 0 spiro atoms. The van der Waals surface area contributed by atoms with E-state index in [0.717, 1.165) is 22.3 Å². The zero-order chi connectivity index (χ0) is 12.4. The number of benzene rings is 1. The summed E-state index contributed by atoms with van der Waals surface area (Å²) in [6.45, 7) is 6.07.